The van der Waals surface area contributed by atoms with Gasteiger partial charge in [0.25, 0.3) is 5.91 Å². The number of rotatable bonds is 4. The molecule has 1 atom stereocenters. The topological polar surface area (TPSA) is 81.4 Å². The van der Waals surface area contributed by atoms with Crippen molar-refractivity contribution in [2.75, 3.05) is 13.7 Å². The molecule has 7 heteroatoms. The maximum Gasteiger partial charge on any atom is 0.274 e. The molecular formula is C20H20N4O3. The highest BCUT2D eigenvalue weighted by Crippen LogP contribution is 2.29. The second-order valence-electron chi connectivity index (χ2n) is 6.47. The van der Waals surface area contributed by atoms with Crippen LogP contribution in [0.1, 0.15) is 45.2 Å². The van der Waals surface area contributed by atoms with E-state index >= 15 is 0 Å². The molecule has 1 aliphatic rings. The molecule has 0 saturated heterocycles. The van der Waals surface area contributed by atoms with Gasteiger partial charge in [-0.25, -0.2) is 9.97 Å². The number of amides is 1. The summed E-state index contributed by atoms with van der Waals surface area (Å²) in [5.74, 6) is 1.17. The lowest BCUT2D eigenvalue weighted by Gasteiger charge is -2.24. The quantitative estimate of drug-likeness (QED) is 0.708. The Morgan fingerprint density at radius 2 is 2.04 bits per heavy atom. The Kier molecular flexibility index (Phi) is 4.68. The van der Waals surface area contributed by atoms with Crippen molar-refractivity contribution in [2.24, 2.45) is 0 Å². The zero-order valence-corrected chi connectivity index (χ0v) is 15.3. The number of aryl methyl sites for hydroxylation is 1. The lowest BCUT2D eigenvalue weighted by molar-refractivity contribution is 0.0720. The van der Waals surface area contributed by atoms with Gasteiger partial charge in [-0.05, 0) is 12.5 Å². The molecule has 0 saturated carbocycles. The second-order valence-corrected chi connectivity index (χ2v) is 6.47. The van der Waals surface area contributed by atoms with E-state index in [0.717, 1.165) is 22.7 Å². The SMILES string of the molecule is COC(c1ccccc1)c1nc2c(o1)CCN(C(=O)c1cnc(C)cn1)C2. The molecule has 0 radical (unpaired) electrons. The van der Waals surface area contributed by atoms with Gasteiger partial charge in [0, 0.05) is 26.3 Å². The molecule has 2 aromatic heterocycles. The molecule has 0 fully saturated rings. The summed E-state index contributed by atoms with van der Waals surface area (Å²) in [4.78, 5) is 27.3. The lowest BCUT2D eigenvalue weighted by Crippen LogP contribution is -2.36. The maximum absolute atomic E-state index is 12.7. The van der Waals surface area contributed by atoms with Gasteiger partial charge in [0.2, 0.25) is 5.89 Å². The van der Waals surface area contributed by atoms with Crippen molar-refractivity contribution >= 4 is 5.91 Å². The van der Waals surface area contributed by atoms with E-state index in [0.29, 0.717) is 31.1 Å². The van der Waals surface area contributed by atoms with Gasteiger partial charge in [-0.2, -0.15) is 0 Å². The number of carbonyl (C=O) groups is 1. The molecule has 0 bridgehead atoms. The lowest BCUT2D eigenvalue weighted by atomic mass is 10.1. The number of aromatic nitrogens is 3. The Bertz CT molecular complexity index is 938. The van der Waals surface area contributed by atoms with E-state index in [1.807, 2.05) is 37.3 Å². The number of carbonyl (C=O) groups excluding carboxylic acids is 1. The highest BCUT2D eigenvalue weighted by atomic mass is 16.5. The van der Waals surface area contributed by atoms with E-state index in [-0.39, 0.29) is 12.0 Å². The van der Waals surface area contributed by atoms with Crippen LogP contribution in [0, 0.1) is 6.92 Å². The van der Waals surface area contributed by atoms with Gasteiger partial charge in [0.1, 0.15) is 17.1 Å². The van der Waals surface area contributed by atoms with Crippen molar-refractivity contribution in [2.45, 2.75) is 26.0 Å². The minimum absolute atomic E-state index is 0.149. The van der Waals surface area contributed by atoms with Crippen LogP contribution < -0.4 is 0 Å². The van der Waals surface area contributed by atoms with Crippen molar-refractivity contribution < 1.29 is 13.9 Å². The fourth-order valence-electron chi connectivity index (χ4n) is 3.18. The first kappa shape index (κ1) is 17.4. The molecular weight excluding hydrogens is 344 g/mol. The molecule has 1 aromatic carbocycles. The highest BCUT2D eigenvalue weighted by Gasteiger charge is 2.29. The van der Waals surface area contributed by atoms with Crippen LogP contribution in [0.15, 0.2) is 47.1 Å². The highest BCUT2D eigenvalue weighted by molar-refractivity contribution is 5.92. The Labute approximate surface area is 157 Å². The zero-order valence-electron chi connectivity index (χ0n) is 15.3. The number of hydrogen-bond acceptors (Lipinski definition) is 6. The van der Waals surface area contributed by atoms with Crippen LogP contribution in [-0.4, -0.2) is 39.4 Å². The van der Waals surface area contributed by atoms with Crippen LogP contribution in [0.4, 0.5) is 0 Å². The minimum atomic E-state index is -0.371. The number of benzene rings is 1. The standard InChI is InChI=1S/C20H20N4O3/c1-13-10-22-15(11-21-13)20(25)24-9-8-17-16(12-24)23-19(27-17)18(26-2)14-6-4-3-5-7-14/h3-7,10-11,18H,8-9,12H2,1-2H3. The smallest absolute Gasteiger partial charge is 0.274 e. The average molecular weight is 364 g/mol. The summed E-state index contributed by atoms with van der Waals surface area (Å²) in [6, 6.07) is 9.81. The first-order valence-corrected chi connectivity index (χ1v) is 8.80. The van der Waals surface area contributed by atoms with E-state index in [4.69, 9.17) is 9.15 Å². The van der Waals surface area contributed by atoms with Crippen LogP contribution >= 0.6 is 0 Å². The summed E-state index contributed by atoms with van der Waals surface area (Å²) in [5, 5.41) is 0. The predicted molar refractivity (Wildman–Crippen MR) is 97.0 cm³/mol. The Balaban J connectivity index is 1.55. The number of hydrogen-bond donors (Lipinski definition) is 0. The van der Waals surface area contributed by atoms with Gasteiger partial charge >= 0.3 is 0 Å². The van der Waals surface area contributed by atoms with E-state index < -0.39 is 0 Å². The van der Waals surface area contributed by atoms with Crippen LogP contribution in [-0.2, 0) is 17.7 Å². The molecule has 3 heterocycles. The fraction of sp³-hybridized carbons (Fsp3) is 0.300. The van der Waals surface area contributed by atoms with Crippen molar-refractivity contribution in [3.8, 4) is 0 Å². The van der Waals surface area contributed by atoms with Crippen LogP contribution in [0.2, 0.25) is 0 Å². The van der Waals surface area contributed by atoms with Gasteiger partial charge in [0.05, 0.1) is 18.4 Å². The van der Waals surface area contributed by atoms with Crippen LogP contribution in [0.3, 0.4) is 0 Å². The summed E-state index contributed by atoms with van der Waals surface area (Å²) in [7, 11) is 1.63. The monoisotopic (exact) mass is 364 g/mol. The van der Waals surface area contributed by atoms with Crippen molar-refractivity contribution in [1.82, 2.24) is 19.9 Å². The summed E-state index contributed by atoms with van der Waals surface area (Å²) >= 11 is 0. The van der Waals surface area contributed by atoms with Gasteiger partial charge < -0.3 is 14.1 Å². The largest absolute Gasteiger partial charge is 0.442 e. The van der Waals surface area contributed by atoms with Crippen LogP contribution in [0.5, 0.6) is 0 Å². The van der Waals surface area contributed by atoms with Crippen molar-refractivity contribution in [3.05, 3.63) is 77.0 Å². The zero-order chi connectivity index (χ0) is 18.8. The van der Waals surface area contributed by atoms with E-state index in [9.17, 15) is 4.79 Å². The molecule has 27 heavy (non-hydrogen) atoms. The first-order chi connectivity index (χ1) is 13.2. The first-order valence-electron chi connectivity index (χ1n) is 8.80. The van der Waals surface area contributed by atoms with Gasteiger partial charge in [-0.15, -0.1) is 0 Å². The third-order valence-corrected chi connectivity index (χ3v) is 4.59. The normalized spacial score (nSPS) is 14.7. The van der Waals surface area contributed by atoms with E-state index in [1.54, 1.807) is 18.2 Å². The third-order valence-electron chi connectivity index (χ3n) is 4.59. The molecule has 4 rings (SSSR count). The Morgan fingerprint density at radius 1 is 1.22 bits per heavy atom. The van der Waals surface area contributed by atoms with Crippen molar-refractivity contribution in [3.63, 3.8) is 0 Å². The van der Waals surface area contributed by atoms with E-state index in [1.165, 1.54) is 6.20 Å². The molecule has 0 N–H and O–H groups in total. The average Bonchev–Trinajstić information content (AvgIpc) is 3.12. The molecule has 3 aromatic rings. The van der Waals surface area contributed by atoms with Gasteiger partial charge in [-0.1, -0.05) is 30.3 Å². The van der Waals surface area contributed by atoms with Crippen LogP contribution in [0.25, 0.3) is 0 Å². The summed E-state index contributed by atoms with van der Waals surface area (Å²) in [6.45, 7) is 2.78. The molecule has 0 aliphatic carbocycles. The minimum Gasteiger partial charge on any atom is -0.442 e. The fourth-order valence-corrected chi connectivity index (χ4v) is 3.18. The van der Waals surface area contributed by atoms with Gasteiger partial charge in [-0.3, -0.25) is 9.78 Å². The predicted octanol–water partition coefficient (Wildman–Crippen LogP) is 2.71. The van der Waals surface area contributed by atoms with Crippen molar-refractivity contribution in [1.29, 1.82) is 0 Å². The number of methoxy groups -OCH3 is 1. The number of fused-ring (bicyclic) bond motifs is 1. The summed E-state index contributed by atoms with van der Waals surface area (Å²) < 4.78 is 11.6. The third kappa shape index (κ3) is 3.46. The summed E-state index contributed by atoms with van der Waals surface area (Å²) in [6.07, 6.45) is 3.35. The van der Waals surface area contributed by atoms with Gasteiger partial charge in [0.15, 0.2) is 6.10 Å². The Morgan fingerprint density at radius 3 is 2.74 bits per heavy atom. The number of ether oxygens (including phenoxy) is 1. The molecule has 1 unspecified atom stereocenters. The second kappa shape index (κ2) is 7.28. The van der Waals surface area contributed by atoms with E-state index in [2.05, 4.69) is 15.0 Å². The molecule has 138 valence electrons. The molecule has 7 nitrogen and oxygen atoms in total. The maximum atomic E-state index is 12.7. The number of oxazole rings is 1. The number of nitrogens with zero attached hydrogens (tertiary/aromatic N) is 4. The molecule has 0 spiro atoms. The molecule has 1 aliphatic heterocycles. The molecule has 1 amide bonds. The summed E-state index contributed by atoms with van der Waals surface area (Å²) in [5.41, 5.74) is 2.86. The Hall–Kier alpha value is -3.06.